The van der Waals surface area contributed by atoms with E-state index >= 15 is 0 Å². The molecule has 160 valence electrons. The van der Waals surface area contributed by atoms with Crippen LogP contribution in [0.15, 0.2) is 82.2 Å². The lowest BCUT2D eigenvalue weighted by Gasteiger charge is -2.13. The predicted molar refractivity (Wildman–Crippen MR) is 134 cm³/mol. The van der Waals surface area contributed by atoms with Gasteiger partial charge in [-0.25, -0.2) is 0 Å². The zero-order chi connectivity index (χ0) is 22.7. The monoisotopic (exact) mass is 526 g/mol. The minimum atomic E-state index is -0.436. The number of thioether (sulfide) groups is 1. The smallest absolute Gasteiger partial charge is 0.270 e. The number of thiocarbonyl (C=S) groups is 1. The third kappa shape index (κ3) is 4.90. The van der Waals surface area contributed by atoms with Crippen LogP contribution in [0.1, 0.15) is 11.1 Å². The van der Waals surface area contributed by atoms with Crippen molar-refractivity contribution in [2.45, 2.75) is 6.61 Å². The fourth-order valence-electron chi connectivity index (χ4n) is 3.06. The van der Waals surface area contributed by atoms with Gasteiger partial charge in [0.15, 0.2) is 4.32 Å². The van der Waals surface area contributed by atoms with E-state index in [4.69, 9.17) is 17.0 Å². The van der Waals surface area contributed by atoms with Crippen molar-refractivity contribution in [1.29, 1.82) is 0 Å². The number of hydrogen-bond donors (Lipinski definition) is 0. The molecule has 1 aliphatic rings. The normalized spacial score (nSPS) is 14.8. The van der Waals surface area contributed by atoms with Crippen LogP contribution in [0.25, 0.3) is 6.08 Å². The summed E-state index contributed by atoms with van der Waals surface area (Å²) >= 11 is 10.2. The number of carbonyl (C=O) groups is 1. The van der Waals surface area contributed by atoms with Crippen LogP contribution in [0.3, 0.4) is 0 Å². The van der Waals surface area contributed by atoms with Crippen LogP contribution >= 0.6 is 39.9 Å². The average Bonchev–Trinajstić information content (AvgIpc) is 3.06. The largest absolute Gasteiger partial charge is 0.488 e. The highest BCUT2D eigenvalue weighted by Crippen LogP contribution is 2.36. The molecule has 3 aromatic rings. The SMILES string of the molecule is O=C1/C(=C\c2ccc(OCc3cccc([N+](=O)[O-])c3)c(Br)c2)SC(=S)N1c1ccccc1. The number of amides is 1. The summed E-state index contributed by atoms with van der Waals surface area (Å²) in [4.78, 5) is 25.4. The van der Waals surface area contributed by atoms with Gasteiger partial charge >= 0.3 is 0 Å². The van der Waals surface area contributed by atoms with Gasteiger partial charge < -0.3 is 4.74 Å². The standard InChI is InChI=1S/C23H15BrN2O4S2/c24-19-12-15(9-10-20(19)30-14-16-5-4-8-18(11-16)26(28)29)13-21-22(27)25(23(31)32-21)17-6-2-1-3-7-17/h1-13H,14H2/b21-13+. The summed E-state index contributed by atoms with van der Waals surface area (Å²) in [6.07, 6.45) is 1.79. The number of benzene rings is 3. The van der Waals surface area contributed by atoms with Gasteiger partial charge in [-0.1, -0.05) is 60.4 Å². The number of para-hydroxylation sites is 1. The van der Waals surface area contributed by atoms with Crippen LogP contribution in [-0.4, -0.2) is 15.2 Å². The van der Waals surface area contributed by atoms with E-state index in [1.165, 1.54) is 28.8 Å². The third-order valence-corrected chi connectivity index (χ3v) is 6.50. The number of carbonyl (C=O) groups excluding carboxylic acids is 1. The lowest BCUT2D eigenvalue weighted by Crippen LogP contribution is -2.27. The highest BCUT2D eigenvalue weighted by Gasteiger charge is 2.33. The Bertz CT molecular complexity index is 1250. The van der Waals surface area contributed by atoms with E-state index in [0.29, 0.717) is 25.0 Å². The average molecular weight is 527 g/mol. The lowest BCUT2D eigenvalue weighted by molar-refractivity contribution is -0.384. The molecular formula is C23H15BrN2O4S2. The molecule has 0 spiro atoms. The molecule has 1 amide bonds. The first-order valence-corrected chi connectivity index (χ1v) is 11.4. The molecular weight excluding hydrogens is 512 g/mol. The summed E-state index contributed by atoms with van der Waals surface area (Å²) in [5.74, 6) is 0.429. The molecule has 0 saturated carbocycles. The minimum absolute atomic E-state index is 0.0216. The molecule has 0 unspecified atom stereocenters. The second-order valence-corrected chi connectivity index (χ2v) is 9.29. The number of hydrogen-bond acceptors (Lipinski definition) is 6. The Hall–Kier alpha value is -3.01. The summed E-state index contributed by atoms with van der Waals surface area (Å²) in [5, 5.41) is 10.9. The zero-order valence-electron chi connectivity index (χ0n) is 16.4. The third-order valence-electron chi connectivity index (χ3n) is 4.58. The Morgan fingerprint density at radius 2 is 1.88 bits per heavy atom. The van der Waals surface area contributed by atoms with Crippen LogP contribution in [0.5, 0.6) is 5.75 Å². The molecule has 0 radical (unpaired) electrons. The van der Waals surface area contributed by atoms with Gasteiger partial charge in [0.05, 0.1) is 20.0 Å². The molecule has 32 heavy (non-hydrogen) atoms. The maximum absolute atomic E-state index is 12.9. The van der Waals surface area contributed by atoms with Gasteiger partial charge in [0.25, 0.3) is 11.6 Å². The van der Waals surface area contributed by atoms with Crippen molar-refractivity contribution in [2.24, 2.45) is 0 Å². The Balaban J connectivity index is 1.48. The molecule has 1 saturated heterocycles. The summed E-state index contributed by atoms with van der Waals surface area (Å²) in [6, 6.07) is 21.1. The summed E-state index contributed by atoms with van der Waals surface area (Å²) in [5.41, 5.74) is 2.27. The number of nitro groups is 1. The van der Waals surface area contributed by atoms with Crippen molar-refractivity contribution in [1.82, 2.24) is 0 Å². The Labute approximate surface area is 202 Å². The maximum atomic E-state index is 12.9. The predicted octanol–water partition coefficient (Wildman–Crippen LogP) is 6.34. The Morgan fingerprint density at radius 3 is 2.59 bits per heavy atom. The first-order valence-electron chi connectivity index (χ1n) is 9.41. The molecule has 4 rings (SSSR count). The number of ether oxygens (including phenoxy) is 1. The van der Waals surface area contributed by atoms with E-state index in [-0.39, 0.29) is 18.2 Å². The van der Waals surface area contributed by atoms with Crippen molar-refractivity contribution in [3.63, 3.8) is 0 Å². The topological polar surface area (TPSA) is 72.7 Å². The van der Waals surface area contributed by atoms with E-state index in [1.54, 1.807) is 24.3 Å². The first kappa shape index (κ1) is 22.2. The molecule has 6 nitrogen and oxygen atoms in total. The number of anilines is 1. The second kappa shape index (κ2) is 9.64. The number of rotatable bonds is 6. The quantitative estimate of drug-likeness (QED) is 0.161. The minimum Gasteiger partial charge on any atom is -0.488 e. The van der Waals surface area contributed by atoms with Crippen molar-refractivity contribution >= 4 is 67.6 Å². The number of nitro benzene ring substituents is 1. The van der Waals surface area contributed by atoms with Crippen LogP contribution in [-0.2, 0) is 11.4 Å². The molecule has 3 aromatic carbocycles. The molecule has 0 aromatic heterocycles. The van der Waals surface area contributed by atoms with Gasteiger partial charge in [-0.05, 0) is 57.4 Å². The van der Waals surface area contributed by atoms with Crippen molar-refractivity contribution in [3.8, 4) is 5.75 Å². The molecule has 0 N–H and O–H groups in total. The van der Waals surface area contributed by atoms with Gasteiger partial charge in [0.1, 0.15) is 12.4 Å². The van der Waals surface area contributed by atoms with E-state index in [0.717, 1.165) is 11.3 Å². The molecule has 9 heteroatoms. The number of non-ortho nitro benzene ring substituents is 1. The zero-order valence-corrected chi connectivity index (χ0v) is 19.7. The summed E-state index contributed by atoms with van der Waals surface area (Å²) in [7, 11) is 0. The van der Waals surface area contributed by atoms with Crippen molar-refractivity contribution in [2.75, 3.05) is 4.90 Å². The molecule has 0 aliphatic carbocycles. The molecule has 0 bridgehead atoms. The molecule has 1 fully saturated rings. The maximum Gasteiger partial charge on any atom is 0.270 e. The molecule has 1 heterocycles. The van der Waals surface area contributed by atoms with Gasteiger partial charge in [0, 0.05) is 12.1 Å². The van der Waals surface area contributed by atoms with Crippen molar-refractivity contribution < 1.29 is 14.5 Å². The van der Waals surface area contributed by atoms with E-state index in [2.05, 4.69) is 15.9 Å². The summed E-state index contributed by atoms with van der Waals surface area (Å²) in [6.45, 7) is 0.190. The fraction of sp³-hybridized carbons (Fsp3) is 0.0435. The van der Waals surface area contributed by atoms with Crippen LogP contribution in [0.2, 0.25) is 0 Å². The van der Waals surface area contributed by atoms with Gasteiger partial charge in [-0.15, -0.1) is 0 Å². The molecule has 1 aliphatic heterocycles. The second-order valence-electron chi connectivity index (χ2n) is 6.76. The van der Waals surface area contributed by atoms with E-state index in [1.807, 2.05) is 42.5 Å². The lowest BCUT2D eigenvalue weighted by atomic mass is 10.2. The fourth-order valence-corrected chi connectivity index (χ4v) is 4.87. The van der Waals surface area contributed by atoms with E-state index in [9.17, 15) is 14.9 Å². The van der Waals surface area contributed by atoms with Crippen LogP contribution < -0.4 is 9.64 Å². The number of nitrogens with zero attached hydrogens (tertiary/aromatic N) is 2. The van der Waals surface area contributed by atoms with Crippen LogP contribution in [0, 0.1) is 10.1 Å². The Kier molecular flexibility index (Phi) is 6.69. The van der Waals surface area contributed by atoms with Crippen LogP contribution in [0.4, 0.5) is 11.4 Å². The summed E-state index contributed by atoms with van der Waals surface area (Å²) < 4.78 is 7.00. The van der Waals surface area contributed by atoms with Gasteiger partial charge in [-0.2, -0.15) is 0 Å². The first-order chi connectivity index (χ1) is 15.4. The van der Waals surface area contributed by atoms with Gasteiger partial charge in [0.2, 0.25) is 0 Å². The highest BCUT2D eigenvalue weighted by atomic mass is 79.9. The molecule has 0 atom stereocenters. The van der Waals surface area contributed by atoms with Gasteiger partial charge in [-0.3, -0.25) is 19.8 Å². The highest BCUT2D eigenvalue weighted by molar-refractivity contribution is 9.10. The Morgan fingerprint density at radius 1 is 1.09 bits per heavy atom. The van der Waals surface area contributed by atoms with Crippen molar-refractivity contribution in [3.05, 3.63) is 103 Å². The number of halogens is 1. The van der Waals surface area contributed by atoms with E-state index < -0.39 is 4.92 Å².